The van der Waals surface area contributed by atoms with Crippen molar-refractivity contribution >= 4 is 24.6 Å². The van der Waals surface area contributed by atoms with E-state index in [-0.39, 0.29) is 29.2 Å². The topological polar surface area (TPSA) is 241 Å². The van der Waals surface area contributed by atoms with Crippen LogP contribution in [0.4, 0.5) is 19.2 Å². The van der Waals surface area contributed by atoms with E-state index in [1.54, 1.807) is 0 Å². The van der Waals surface area contributed by atoms with Crippen molar-refractivity contribution in [3.63, 3.8) is 0 Å². The Morgan fingerprint density at radius 1 is 0.529 bits per heavy atom. The first-order chi connectivity index (χ1) is 6.93. The summed E-state index contributed by atoms with van der Waals surface area (Å²) in [4.78, 5) is 33.8. The summed E-state index contributed by atoms with van der Waals surface area (Å²) < 4.78 is 0. The van der Waals surface area contributed by atoms with Crippen molar-refractivity contribution < 1.29 is 89.2 Å². The van der Waals surface area contributed by atoms with Crippen LogP contribution in [0.1, 0.15) is 0 Å². The predicted octanol–water partition coefficient (Wildman–Crippen LogP) is -4.45. The summed E-state index contributed by atoms with van der Waals surface area (Å²) in [5.41, 5.74) is 0. The third-order valence-corrected chi connectivity index (χ3v) is 0. The van der Waals surface area contributed by atoms with Crippen molar-refractivity contribution in [3.05, 3.63) is 0 Å². The summed E-state index contributed by atoms with van der Waals surface area (Å²) >= 11 is 0. The van der Waals surface area contributed by atoms with E-state index >= 15 is 0 Å². The fourth-order valence-corrected chi connectivity index (χ4v) is 0. The Hall–Kier alpha value is -1.93. The fraction of sp³-hybridized carbons (Fsp3) is 0. The average molecular weight is 488 g/mol. The Bertz CT molecular complexity index is 159. The summed E-state index contributed by atoms with van der Waals surface area (Å²) in [5.74, 6) is 0. The first kappa shape index (κ1) is 29.4. The first-order valence-corrected chi connectivity index (χ1v) is 2.53. The van der Waals surface area contributed by atoms with Gasteiger partial charge in [-0.05, 0) is 0 Å². The molecule has 17 heavy (non-hydrogen) atoms. The van der Waals surface area contributed by atoms with Crippen molar-refractivity contribution in [1.82, 2.24) is 0 Å². The van der Waals surface area contributed by atoms with Crippen LogP contribution in [0.3, 0.4) is 0 Å². The Morgan fingerprint density at radius 2 is 0.529 bits per heavy atom. The van der Waals surface area contributed by atoms with E-state index in [1.165, 1.54) is 0 Å². The van der Waals surface area contributed by atoms with Gasteiger partial charge in [0.2, 0.25) is 24.6 Å². The minimum Gasteiger partial charge on any atom is -0.565 e. The van der Waals surface area contributed by atoms with Crippen molar-refractivity contribution in [2.24, 2.45) is 0 Å². The Balaban J connectivity index is -0.0000000369. The molecule has 0 amide bonds. The normalized spacial score (nSPS) is 5.65. The van der Waals surface area contributed by atoms with Gasteiger partial charge in [-0.2, -0.15) is 0 Å². The van der Waals surface area contributed by atoms with E-state index in [1.807, 2.05) is 0 Å². The fourth-order valence-electron chi connectivity index (χ4n) is 0. The second-order valence-corrected chi connectivity index (χ2v) is 1.06. The molecule has 0 radical (unpaired) electrons. The second-order valence-electron chi connectivity index (χ2n) is 1.06. The number of hydrogen-bond acceptors (Lipinski definition) is 8. The van der Waals surface area contributed by atoms with E-state index in [2.05, 4.69) is 0 Å². The zero-order valence-electron chi connectivity index (χ0n) is 7.46. The summed E-state index contributed by atoms with van der Waals surface area (Å²) in [5, 5.41) is 61.2. The zero-order chi connectivity index (χ0) is 14.3. The SMILES string of the molecule is O=C([O-])O.O=C([O-])O.O=C([O-])O.O=C([O-])O.[Pu]. The quantitative estimate of drug-likeness (QED) is 0.252. The molecule has 0 unspecified atom stereocenters. The smallest absolute Gasteiger partial charge is 0.249 e. The van der Waals surface area contributed by atoms with E-state index < -0.39 is 24.6 Å². The van der Waals surface area contributed by atoms with Gasteiger partial charge in [-0.15, -0.1) is 0 Å². The van der Waals surface area contributed by atoms with E-state index in [9.17, 15) is 0 Å². The number of hydrogen-bond donors (Lipinski definition) is 4. The third kappa shape index (κ3) is 548. The molecule has 0 aromatic carbocycles. The zero-order valence-corrected chi connectivity index (χ0v) is 10.9. The predicted molar refractivity (Wildman–Crippen MR) is 32.1 cm³/mol. The van der Waals surface area contributed by atoms with Crippen LogP contribution < -0.4 is 20.4 Å². The molecule has 0 atom stereocenters. The molecule has 13 heteroatoms. The Morgan fingerprint density at radius 3 is 0.529 bits per heavy atom. The van der Waals surface area contributed by atoms with Crippen LogP contribution >= 0.6 is 0 Å². The second kappa shape index (κ2) is 23.7. The number of rotatable bonds is 0. The molecular weight excluding hydrogens is 484 g/mol. The van der Waals surface area contributed by atoms with Gasteiger partial charge in [0.25, 0.3) is 0 Å². The molecule has 0 aromatic rings. The molecule has 12 nitrogen and oxygen atoms in total. The van der Waals surface area contributed by atoms with Crippen molar-refractivity contribution in [2.45, 2.75) is 0 Å². The van der Waals surface area contributed by atoms with Crippen LogP contribution in [-0.2, 0) is 0 Å². The van der Waals surface area contributed by atoms with Crippen LogP contribution in [0.5, 0.6) is 0 Å². The summed E-state index contributed by atoms with van der Waals surface area (Å²) in [7, 11) is 0. The molecule has 0 spiro atoms. The summed E-state index contributed by atoms with van der Waals surface area (Å²) in [6, 6.07) is 0. The molecular formula is C4H4O12Pu-4. The van der Waals surface area contributed by atoms with Gasteiger partial charge in [-0.3, -0.25) is 0 Å². The van der Waals surface area contributed by atoms with E-state index in [4.69, 9.17) is 60.0 Å². The van der Waals surface area contributed by atoms with Crippen LogP contribution in [0.25, 0.3) is 0 Å². The number of carbonyl (C=O) groups is 4. The van der Waals surface area contributed by atoms with Crippen LogP contribution in [0.2, 0.25) is 0 Å². The first-order valence-electron chi connectivity index (χ1n) is 2.53. The maximum atomic E-state index is 8.44. The van der Waals surface area contributed by atoms with Gasteiger partial charge < -0.3 is 60.0 Å². The van der Waals surface area contributed by atoms with Gasteiger partial charge in [0.1, 0.15) is 0 Å². The van der Waals surface area contributed by atoms with E-state index in [0.29, 0.717) is 0 Å². The minimum atomic E-state index is -2.08. The molecule has 0 saturated heterocycles. The van der Waals surface area contributed by atoms with Crippen molar-refractivity contribution in [3.8, 4) is 0 Å². The minimum absolute atomic E-state index is 0. The molecule has 0 aliphatic heterocycles. The third-order valence-electron chi connectivity index (χ3n) is 0. The maximum absolute atomic E-state index is 8.44. The van der Waals surface area contributed by atoms with Crippen LogP contribution in [0.15, 0.2) is 0 Å². The Labute approximate surface area is 114 Å². The molecule has 0 fully saturated rings. The van der Waals surface area contributed by atoms with Gasteiger partial charge in [0, 0.05) is 29.2 Å². The molecule has 0 aliphatic carbocycles. The largest absolute Gasteiger partial charge is 0.565 e. The molecule has 4 N–H and O–H groups in total. The number of carboxylic acid groups (broad SMARTS) is 8. The molecule has 0 bridgehead atoms. The molecule has 0 saturated carbocycles. The molecule has 0 rings (SSSR count). The Kier molecular flexibility index (Phi) is 41.0. The van der Waals surface area contributed by atoms with Crippen molar-refractivity contribution in [2.75, 3.05) is 0 Å². The van der Waals surface area contributed by atoms with Crippen molar-refractivity contribution in [1.29, 1.82) is 0 Å². The molecule has 0 aromatic heterocycles. The average Bonchev–Trinajstić information content (AvgIpc) is 1.76. The molecule has 0 aliphatic rings. The van der Waals surface area contributed by atoms with E-state index in [0.717, 1.165) is 0 Å². The van der Waals surface area contributed by atoms with Crippen LogP contribution in [-0.4, -0.2) is 45.0 Å². The summed E-state index contributed by atoms with van der Waals surface area (Å²) in [6.07, 6.45) is -8.33. The molecule has 0 heterocycles. The standard InChI is InChI=1S/4CH2O3.Pu/c4*2-1(3)4;/h4*(H2,2,3,4);/p-4. The van der Waals surface area contributed by atoms with Gasteiger partial charge in [0.15, 0.2) is 0 Å². The van der Waals surface area contributed by atoms with Gasteiger partial charge in [-0.25, -0.2) is 0 Å². The van der Waals surface area contributed by atoms with Gasteiger partial charge >= 0.3 is 0 Å². The maximum Gasteiger partial charge on any atom is 0.249 e. The van der Waals surface area contributed by atoms with Gasteiger partial charge in [-0.1, -0.05) is 0 Å². The molecule has 102 valence electrons. The van der Waals surface area contributed by atoms with Gasteiger partial charge in [0.05, 0.1) is 0 Å². The monoisotopic (exact) mass is 482 g/mol. The van der Waals surface area contributed by atoms with Crippen LogP contribution in [0, 0.1) is 29.2 Å². The summed E-state index contributed by atoms with van der Waals surface area (Å²) in [6.45, 7) is 0.